The molecule has 0 rings (SSSR count). The van der Waals surface area contributed by atoms with Crippen LogP contribution in [0.15, 0.2) is 0 Å². The summed E-state index contributed by atoms with van der Waals surface area (Å²) in [7, 11) is -2.82. The number of urea groups is 1. The Morgan fingerprint density at radius 1 is 1.17 bits per heavy atom. The van der Waals surface area contributed by atoms with E-state index in [1.54, 1.807) is 11.8 Å². The number of rotatable bonds is 10. The molecule has 18 heavy (non-hydrogen) atoms. The largest absolute Gasteiger partial charge is 0.428 e. The number of amides is 2. The van der Waals surface area contributed by atoms with Crippen molar-refractivity contribution in [1.29, 1.82) is 0 Å². The molecule has 0 aromatic rings. The number of hydrogen-bond acceptors (Lipinski definition) is 5. The van der Waals surface area contributed by atoms with Gasteiger partial charge in [0, 0.05) is 18.8 Å². The maximum atomic E-state index is 11.2. The number of hydrogen-bond donors (Lipinski definition) is 5. The second-order valence-electron chi connectivity index (χ2n) is 4.17. The molecule has 8 heteroatoms. The van der Waals surface area contributed by atoms with E-state index in [0.29, 0.717) is 25.6 Å². The molecule has 0 saturated carbocycles. The summed E-state index contributed by atoms with van der Waals surface area (Å²) in [5.74, 6) is 0.888. The molecule has 108 valence electrons. The van der Waals surface area contributed by atoms with E-state index in [0.717, 1.165) is 12.2 Å². The number of unbranched alkanes of at least 4 members (excludes halogenated alkanes) is 1. The molecular weight excluding hydrogens is 272 g/mol. The number of aliphatic hydroxyl groups is 2. The third-order valence-corrected chi connectivity index (χ3v) is 5.61. The van der Waals surface area contributed by atoms with E-state index < -0.39 is 8.32 Å². The van der Waals surface area contributed by atoms with Crippen molar-refractivity contribution in [2.75, 3.05) is 37.6 Å². The summed E-state index contributed by atoms with van der Waals surface area (Å²) in [5.41, 5.74) is 0. The lowest BCUT2D eigenvalue weighted by molar-refractivity contribution is 0.241. The van der Waals surface area contributed by atoms with Crippen molar-refractivity contribution in [2.45, 2.75) is 18.9 Å². The number of nitrogens with one attached hydrogen (secondary N) is 2. The van der Waals surface area contributed by atoms with Crippen LogP contribution in [0.25, 0.3) is 0 Å². The first-order chi connectivity index (χ1) is 8.58. The number of aliphatic hydroxyl groups excluding tert-OH is 2. The zero-order valence-corrected chi connectivity index (χ0v) is 12.6. The topological polar surface area (TPSA) is 102 Å². The fraction of sp³-hybridized carbons (Fsp3) is 0.900. The molecule has 0 aliphatic rings. The van der Waals surface area contributed by atoms with E-state index in [4.69, 9.17) is 10.2 Å². The van der Waals surface area contributed by atoms with E-state index in [2.05, 4.69) is 10.6 Å². The van der Waals surface area contributed by atoms with Crippen LogP contribution in [0, 0.1) is 0 Å². The molecule has 0 spiro atoms. The van der Waals surface area contributed by atoms with E-state index in [-0.39, 0.29) is 18.5 Å². The average Bonchev–Trinajstić information content (AvgIpc) is 2.38. The van der Waals surface area contributed by atoms with Crippen molar-refractivity contribution in [1.82, 2.24) is 10.6 Å². The Balaban J connectivity index is 3.47. The Hall–Kier alpha value is -0.283. The van der Waals surface area contributed by atoms with Crippen LogP contribution in [0.5, 0.6) is 0 Å². The van der Waals surface area contributed by atoms with E-state index in [9.17, 15) is 9.59 Å². The molecule has 0 bridgehead atoms. The highest BCUT2D eigenvalue weighted by Crippen LogP contribution is 2.09. The zero-order chi connectivity index (χ0) is 13.9. The van der Waals surface area contributed by atoms with Gasteiger partial charge in [0.15, 0.2) is 0 Å². The minimum Gasteiger partial charge on any atom is -0.428 e. The highest BCUT2D eigenvalue weighted by atomic mass is 32.2. The van der Waals surface area contributed by atoms with Gasteiger partial charge in [0.05, 0.1) is 12.5 Å². The molecule has 0 aliphatic heterocycles. The summed E-state index contributed by atoms with van der Waals surface area (Å²) in [5, 5.41) is 23.3. The fourth-order valence-corrected chi connectivity index (χ4v) is 2.95. The van der Waals surface area contributed by atoms with Crippen LogP contribution in [0.4, 0.5) is 4.79 Å². The summed E-state index contributed by atoms with van der Waals surface area (Å²) in [4.78, 5) is 21.0. The zero-order valence-electron chi connectivity index (χ0n) is 10.8. The van der Waals surface area contributed by atoms with Gasteiger partial charge >= 0.3 is 6.03 Å². The van der Waals surface area contributed by atoms with Gasteiger partial charge in [0.1, 0.15) is 0 Å². The van der Waals surface area contributed by atoms with Gasteiger partial charge in [-0.1, -0.05) is 6.42 Å². The number of carbonyl (C=O) groups is 1. The highest BCUT2D eigenvalue weighted by molar-refractivity contribution is 7.98. The Kier molecular flexibility index (Phi) is 10.5. The molecular formula is C10H24N2O4SSi. The smallest absolute Gasteiger partial charge is 0.314 e. The molecule has 0 aromatic heterocycles. The Morgan fingerprint density at radius 3 is 2.33 bits per heavy atom. The third kappa shape index (κ3) is 8.76. The lowest BCUT2D eigenvalue weighted by atomic mass is 10.3. The molecule has 5 N–H and O–H groups in total. The van der Waals surface area contributed by atoms with Crippen LogP contribution in [0.1, 0.15) is 12.8 Å². The molecule has 0 atom stereocenters. The summed E-state index contributed by atoms with van der Waals surface area (Å²) >= 11 is 1.67. The maximum Gasteiger partial charge on any atom is 0.314 e. The van der Waals surface area contributed by atoms with Crippen molar-refractivity contribution >= 4 is 26.1 Å². The van der Waals surface area contributed by atoms with Gasteiger partial charge in [-0.05, 0) is 18.7 Å². The molecule has 0 radical (unpaired) electrons. The lowest BCUT2D eigenvalue weighted by Crippen LogP contribution is -2.44. The van der Waals surface area contributed by atoms with Crippen LogP contribution in [-0.4, -0.2) is 66.9 Å². The van der Waals surface area contributed by atoms with Crippen molar-refractivity contribution < 1.29 is 19.8 Å². The Morgan fingerprint density at radius 2 is 1.78 bits per heavy atom. The quantitative estimate of drug-likeness (QED) is 0.274. The van der Waals surface area contributed by atoms with Crippen LogP contribution >= 0.6 is 11.8 Å². The van der Waals surface area contributed by atoms with Gasteiger partial charge in [-0.2, -0.15) is 11.8 Å². The summed E-state index contributed by atoms with van der Waals surface area (Å²) in [6, 6.07) is 0.274. The molecule has 2 amide bonds. The van der Waals surface area contributed by atoms with Crippen LogP contribution in [0.3, 0.4) is 0 Å². The molecule has 6 nitrogen and oxygen atoms in total. The molecule has 0 heterocycles. The number of thioether (sulfide) groups is 1. The normalized spacial score (nSPS) is 11.3. The van der Waals surface area contributed by atoms with Gasteiger partial charge in [0.2, 0.25) is 8.32 Å². The first-order valence-corrected chi connectivity index (χ1v) is 9.99. The van der Waals surface area contributed by atoms with Crippen molar-refractivity contribution in [3.05, 3.63) is 0 Å². The lowest BCUT2D eigenvalue weighted by Gasteiger charge is -2.19. The minimum absolute atomic E-state index is 0.180. The van der Waals surface area contributed by atoms with E-state index >= 15 is 0 Å². The highest BCUT2D eigenvalue weighted by Gasteiger charge is 2.28. The number of carbonyl (C=O) groups excluding carboxylic acids is 1. The molecule has 0 unspecified atom stereocenters. The van der Waals surface area contributed by atoms with E-state index in [1.165, 1.54) is 0 Å². The molecule has 0 aliphatic carbocycles. The monoisotopic (exact) mass is 296 g/mol. The van der Waals surface area contributed by atoms with Crippen molar-refractivity contribution in [2.24, 2.45) is 0 Å². The first-order valence-electron chi connectivity index (χ1n) is 6.02. The van der Waals surface area contributed by atoms with Gasteiger partial charge in [-0.15, -0.1) is 0 Å². The maximum absolute atomic E-state index is 11.2. The van der Waals surface area contributed by atoms with E-state index in [1.807, 2.05) is 6.26 Å². The summed E-state index contributed by atoms with van der Waals surface area (Å²) in [6.07, 6.45) is 2.77. The fourth-order valence-electron chi connectivity index (χ4n) is 1.32. The Bertz CT molecular complexity index is 230. The standard InChI is InChI=1S/C10H24N2O4SSi/c1-17-6-5-12-10(15)11-4-2-3-7-18(16,8-13)9-14/h13-14,16H,2-9H2,1H3,(H2,11,12,15). The predicted molar refractivity (Wildman–Crippen MR) is 76.0 cm³/mol. The van der Waals surface area contributed by atoms with Crippen molar-refractivity contribution in [3.8, 4) is 0 Å². The first kappa shape index (κ1) is 17.7. The molecule has 0 fully saturated rings. The van der Waals surface area contributed by atoms with Crippen molar-refractivity contribution in [3.63, 3.8) is 0 Å². The second-order valence-corrected chi connectivity index (χ2v) is 8.74. The summed E-state index contributed by atoms with van der Waals surface area (Å²) < 4.78 is 0. The van der Waals surface area contributed by atoms with Crippen LogP contribution < -0.4 is 10.6 Å². The van der Waals surface area contributed by atoms with Gasteiger partial charge in [-0.3, -0.25) is 0 Å². The Labute approximate surface area is 113 Å². The molecule has 0 saturated heterocycles. The predicted octanol–water partition coefficient (Wildman–Crippen LogP) is -0.570. The minimum atomic E-state index is -2.82. The second kappa shape index (κ2) is 10.6. The van der Waals surface area contributed by atoms with Gasteiger partial charge < -0.3 is 25.6 Å². The van der Waals surface area contributed by atoms with Crippen LogP contribution in [-0.2, 0) is 0 Å². The van der Waals surface area contributed by atoms with Gasteiger partial charge in [0.25, 0.3) is 0 Å². The average molecular weight is 296 g/mol. The van der Waals surface area contributed by atoms with Gasteiger partial charge in [-0.25, -0.2) is 4.79 Å². The van der Waals surface area contributed by atoms with Crippen LogP contribution in [0.2, 0.25) is 6.04 Å². The molecule has 0 aromatic carbocycles. The summed E-state index contributed by atoms with van der Waals surface area (Å²) in [6.45, 7) is 1.18. The third-order valence-electron chi connectivity index (χ3n) is 2.53. The SMILES string of the molecule is CSCCNC(=O)NCCCC[Si](O)(CO)CO.